The van der Waals surface area contributed by atoms with Crippen LogP contribution in [0.2, 0.25) is 5.02 Å². The van der Waals surface area contributed by atoms with Crippen LogP contribution in [0.15, 0.2) is 35.1 Å². The number of benzene rings is 1. The van der Waals surface area contributed by atoms with Crippen molar-refractivity contribution in [3.63, 3.8) is 0 Å². The number of esters is 1. The summed E-state index contributed by atoms with van der Waals surface area (Å²) in [6, 6.07) is 10.3. The number of carbonyl (C=O) groups excluding carboxylic acids is 1. The van der Waals surface area contributed by atoms with Gasteiger partial charge in [-0.2, -0.15) is 0 Å². The van der Waals surface area contributed by atoms with E-state index in [0.29, 0.717) is 29.7 Å². The number of hydrogen-bond acceptors (Lipinski definition) is 3. The number of hydrogen-bond donors (Lipinski definition) is 1. The van der Waals surface area contributed by atoms with E-state index in [1.165, 1.54) is 32.8 Å². The summed E-state index contributed by atoms with van der Waals surface area (Å²) < 4.78 is 4.73. The molecule has 2 aliphatic carbocycles. The molecule has 1 unspecified atom stereocenters. The van der Waals surface area contributed by atoms with Crippen LogP contribution in [0.4, 0.5) is 0 Å². The summed E-state index contributed by atoms with van der Waals surface area (Å²) in [4.78, 5) is 27.3. The molecular formula is C25H30ClNO3. The summed E-state index contributed by atoms with van der Waals surface area (Å²) in [7, 11) is 1.40. The highest BCUT2D eigenvalue weighted by Gasteiger charge is 2.28. The van der Waals surface area contributed by atoms with E-state index in [2.05, 4.69) is 17.1 Å². The number of pyridine rings is 1. The van der Waals surface area contributed by atoms with Crippen LogP contribution in [0.3, 0.4) is 0 Å². The molecule has 2 aliphatic rings. The summed E-state index contributed by atoms with van der Waals surface area (Å²) in [5, 5.41) is 0.671. The second-order valence-corrected chi connectivity index (χ2v) is 9.25. The van der Waals surface area contributed by atoms with Gasteiger partial charge in [-0.3, -0.25) is 9.59 Å². The molecule has 4 rings (SSSR count). The van der Waals surface area contributed by atoms with Gasteiger partial charge < -0.3 is 9.72 Å². The maximum absolute atomic E-state index is 12.7. The standard InChI is InChI=1S/C25H30ClNO3/c1-30-24(28)13-10-18-8-9-19(15-22(18)26)21(14-16-4-2-3-5-16)23-12-11-20(17-6-7-17)25(29)27-23/h8-9,11-12,15-17,21H,2-7,10,13-14H2,1H3,(H,27,29). The monoisotopic (exact) mass is 427 g/mol. The van der Waals surface area contributed by atoms with Crippen molar-refractivity contribution >= 4 is 17.6 Å². The van der Waals surface area contributed by atoms with Crippen LogP contribution in [-0.2, 0) is 16.0 Å². The molecule has 4 nitrogen and oxygen atoms in total. The van der Waals surface area contributed by atoms with Crippen LogP contribution in [0.25, 0.3) is 0 Å². The zero-order valence-electron chi connectivity index (χ0n) is 17.6. The fourth-order valence-electron chi connectivity index (χ4n) is 4.76. The van der Waals surface area contributed by atoms with E-state index in [-0.39, 0.29) is 17.4 Å². The average Bonchev–Trinajstić information content (AvgIpc) is 3.45. The van der Waals surface area contributed by atoms with E-state index in [9.17, 15) is 9.59 Å². The van der Waals surface area contributed by atoms with E-state index in [4.69, 9.17) is 16.3 Å². The Bertz CT molecular complexity index is 957. The Kier molecular flexibility index (Phi) is 6.62. The second-order valence-electron chi connectivity index (χ2n) is 8.84. The van der Waals surface area contributed by atoms with Crippen LogP contribution in [0.1, 0.15) is 85.6 Å². The van der Waals surface area contributed by atoms with Gasteiger partial charge in [0.15, 0.2) is 0 Å². The number of aromatic amines is 1. The smallest absolute Gasteiger partial charge is 0.305 e. The fraction of sp³-hybridized carbons (Fsp3) is 0.520. The lowest BCUT2D eigenvalue weighted by atomic mass is 9.84. The molecule has 0 aliphatic heterocycles. The summed E-state index contributed by atoms with van der Waals surface area (Å²) >= 11 is 6.59. The average molecular weight is 428 g/mol. The fourth-order valence-corrected chi connectivity index (χ4v) is 5.05. The first-order chi connectivity index (χ1) is 14.5. The third kappa shape index (κ3) is 4.97. The van der Waals surface area contributed by atoms with Gasteiger partial charge in [0.05, 0.1) is 7.11 Å². The van der Waals surface area contributed by atoms with Crippen LogP contribution >= 0.6 is 11.6 Å². The summed E-state index contributed by atoms with van der Waals surface area (Å²) in [5.74, 6) is 1.02. The van der Waals surface area contributed by atoms with Crippen molar-refractivity contribution in [3.05, 3.63) is 68.1 Å². The van der Waals surface area contributed by atoms with E-state index in [0.717, 1.165) is 41.6 Å². The molecule has 0 radical (unpaired) electrons. The maximum atomic E-state index is 12.7. The molecule has 1 heterocycles. The van der Waals surface area contributed by atoms with Crippen molar-refractivity contribution in [1.82, 2.24) is 4.98 Å². The topological polar surface area (TPSA) is 59.2 Å². The number of aromatic nitrogens is 1. The van der Waals surface area contributed by atoms with Gasteiger partial charge in [-0.25, -0.2) is 0 Å². The maximum Gasteiger partial charge on any atom is 0.305 e. The number of halogens is 1. The lowest BCUT2D eigenvalue weighted by Crippen LogP contribution is -2.17. The molecule has 1 N–H and O–H groups in total. The number of nitrogens with one attached hydrogen (secondary N) is 1. The molecule has 1 atom stereocenters. The molecule has 2 fully saturated rings. The largest absolute Gasteiger partial charge is 0.469 e. The third-order valence-electron chi connectivity index (χ3n) is 6.70. The predicted molar refractivity (Wildman–Crippen MR) is 119 cm³/mol. The van der Waals surface area contributed by atoms with Crippen molar-refractivity contribution in [2.24, 2.45) is 5.92 Å². The molecule has 160 valence electrons. The van der Waals surface area contributed by atoms with Crippen molar-refractivity contribution in [2.45, 2.75) is 69.6 Å². The Labute approximate surface area is 183 Å². The summed E-state index contributed by atoms with van der Waals surface area (Å²) in [6.45, 7) is 0. The molecule has 30 heavy (non-hydrogen) atoms. The first-order valence-corrected chi connectivity index (χ1v) is 11.5. The SMILES string of the molecule is COC(=O)CCc1ccc(C(CC2CCCC2)c2ccc(C3CC3)c(=O)[nH]2)cc1Cl. The van der Waals surface area contributed by atoms with Crippen molar-refractivity contribution in [1.29, 1.82) is 0 Å². The van der Waals surface area contributed by atoms with Gasteiger partial charge in [0, 0.05) is 28.6 Å². The molecule has 0 spiro atoms. The molecule has 2 aromatic rings. The van der Waals surface area contributed by atoms with Gasteiger partial charge in [0.2, 0.25) is 0 Å². The lowest BCUT2D eigenvalue weighted by Gasteiger charge is -2.22. The van der Waals surface area contributed by atoms with E-state index >= 15 is 0 Å². The summed E-state index contributed by atoms with van der Waals surface area (Å²) in [6.07, 6.45) is 9.24. The van der Waals surface area contributed by atoms with Gasteiger partial charge in [0.25, 0.3) is 5.56 Å². The van der Waals surface area contributed by atoms with Crippen LogP contribution in [0, 0.1) is 5.92 Å². The zero-order chi connectivity index (χ0) is 21.1. The second kappa shape index (κ2) is 9.38. The molecule has 1 aromatic carbocycles. The molecule has 2 saturated carbocycles. The Morgan fingerprint density at radius 3 is 2.57 bits per heavy atom. The van der Waals surface area contributed by atoms with E-state index in [1.807, 2.05) is 18.2 Å². The normalized spacial score (nSPS) is 17.8. The van der Waals surface area contributed by atoms with Gasteiger partial charge >= 0.3 is 5.97 Å². The minimum atomic E-state index is -0.234. The lowest BCUT2D eigenvalue weighted by molar-refractivity contribution is -0.140. The Morgan fingerprint density at radius 1 is 1.17 bits per heavy atom. The van der Waals surface area contributed by atoms with Gasteiger partial charge in [-0.15, -0.1) is 0 Å². The number of rotatable bonds is 8. The minimum absolute atomic E-state index is 0.0622. The number of ether oxygens (including phenoxy) is 1. The van der Waals surface area contributed by atoms with E-state index < -0.39 is 0 Å². The van der Waals surface area contributed by atoms with Crippen LogP contribution in [-0.4, -0.2) is 18.1 Å². The van der Waals surface area contributed by atoms with Crippen LogP contribution < -0.4 is 5.56 Å². The Morgan fingerprint density at radius 2 is 1.93 bits per heavy atom. The number of carbonyl (C=O) groups is 1. The molecule has 0 amide bonds. The van der Waals surface area contributed by atoms with E-state index in [1.54, 1.807) is 0 Å². The molecule has 0 bridgehead atoms. The van der Waals surface area contributed by atoms with Crippen LogP contribution in [0.5, 0.6) is 0 Å². The van der Waals surface area contributed by atoms with Crippen molar-refractivity contribution < 1.29 is 9.53 Å². The zero-order valence-corrected chi connectivity index (χ0v) is 18.3. The highest BCUT2D eigenvalue weighted by Crippen LogP contribution is 2.40. The quantitative estimate of drug-likeness (QED) is 0.548. The number of aryl methyl sites for hydroxylation is 1. The Hall–Kier alpha value is -2.07. The number of methoxy groups -OCH3 is 1. The van der Waals surface area contributed by atoms with Gasteiger partial charge in [-0.05, 0) is 60.8 Å². The third-order valence-corrected chi connectivity index (χ3v) is 7.06. The predicted octanol–water partition coefficient (Wildman–Crippen LogP) is 5.72. The van der Waals surface area contributed by atoms with Crippen molar-refractivity contribution in [3.8, 4) is 0 Å². The summed E-state index contributed by atoms with van der Waals surface area (Å²) in [5.41, 5.74) is 4.04. The molecule has 1 aromatic heterocycles. The molecule has 5 heteroatoms. The minimum Gasteiger partial charge on any atom is -0.469 e. The number of H-pyrrole nitrogens is 1. The highest BCUT2D eigenvalue weighted by atomic mass is 35.5. The molecular weight excluding hydrogens is 398 g/mol. The highest BCUT2D eigenvalue weighted by molar-refractivity contribution is 6.31. The van der Waals surface area contributed by atoms with Crippen molar-refractivity contribution in [2.75, 3.05) is 7.11 Å². The molecule has 0 saturated heterocycles. The first-order valence-electron chi connectivity index (χ1n) is 11.1. The Balaban J connectivity index is 1.60. The first kappa shape index (κ1) is 21.2. The van der Waals surface area contributed by atoms with Gasteiger partial charge in [0.1, 0.15) is 0 Å². The van der Waals surface area contributed by atoms with Gasteiger partial charge in [-0.1, -0.05) is 55.5 Å².